The third-order valence-electron chi connectivity index (χ3n) is 6.59. The zero-order chi connectivity index (χ0) is 29.5. The molecule has 4 rings (SSSR count). The van der Waals surface area contributed by atoms with E-state index in [2.05, 4.69) is 22.6 Å². The lowest BCUT2D eigenvalue weighted by atomic mass is 10.1. The summed E-state index contributed by atoms with van der Waals surface area (Å²) >= 11 is 2.35. The molecule has 0 aliphatic rings. The molecule has 0 radical (unpaired) electrons. The van der Waals surface area contributed by atoms with E-state index < -0.39 is 23.0 Å². The number of carbonyl (C=O) groups excluding carboxylic acids is 1. The number of alkyl halides is 1. The van der Waals surface area contributed by atoms with E-state index in [0.717, 1.165) is 41.9 Å². The maximum absolute atomic E-state index is 14.0. The Bertz CT molecular complexity index is 1570. The fourth-order valence-corrected chi connectivity index (χ4v) is 5.08. The minimum Gasteiger partial charge on any atom is -0.497 e. The smallest absolute Gasteiger partial charge is 0.263 e. The normalized spacial score (nSPS) is 11.0. The molecule has 0 spiro atoms. The third-order valence-corrected chi connectivity index (χ3v) is 7.35. The number of aromatic nitrogens is 1. The Hall–Kier alpha value is -3.67. The molecule has 0 fully saturated rings. The van der Waals surface area contributed by atoms with Crippen molar-refractivity contribution in [2.45, 2.75) is 26.2 Å². The Morgan fingerprint density at radius 2 is 1.59 bits per heavy atom. The molecule has 3 aromatic carbocycles. The molecule has 0 bridgehead atoms. The van der Waals surface area contributed by atoms with Gasteiger partial charge < -0.3 is 23.7 Å². The van der Waals surface area contributed by atoms with Crippen molar-refractivity contribution >= 4 is 45.1 Å². The summed E-state index contributed by atoms with van der Waals surface area (Å²) in [5.41, 5.74) is 0.402. The lowest BCUT2D eigenvalue weighted by Crippen LogP contribution is -2.35. The number of hydrogen-bond donors (Lipinski definition) is 0. The zero-order valence-electron chi connectivity index (χ0n) is 23.1. The van der Waals surface area contributed by atoms with Crippen molar-refractivity contribution in [3.8, 4) is 22.9 Å². The van der Waals surface area contributed by atoms with Gasteiger partial charge in [-0.25, -0.2) is 8.78 Å². The number of unbranched alkanes of at least 4 members (excludes halogenated alkanes) is 2. The van der Waals surface area contributed by atoms with Gasteiger partial charge in [-0.2, -0.15) is 0 Å². The highest BCUT2D eigenvalue weighted by atomic mass is 127. The number of rotatable bonds is 12. The van der Waals surface area contributed by atoms with E-state index in [0.29, 0.717) is 35.1 Å². The molecule has 0 saturated carbocycles. The molecule has 1 heterocycles. The summed E-state index contributed by atoms with van der Waals surface area (Å²) in [6.45, 7) is 2.28. The average Bonchev–Trinajstić information content (AvgIpc) is 2.96. The standard InChI is InChI=1S/C31H31F2IN2O5/c1-4-35(22-13-20(32)12-21(33)14-22)31(38)28-19-36(23-15-25(39-2)17-26(16-23)40-3)29-18-24(8-9-27(29)30(28)37)41-11-7-5-6-10-34/h8-9,12-19H,4-7,10-11H2,1-3H3. The van der Waals surface area contributed by atoms with Gasteiger partial charge >= 0.3 is 0 Å². The van der Waals surface area contributed by atoms with Crippen LogP contribution in [0.5, 0.6) is 17.2 Å². The number of nitrogens with zero attached hydrogens (tertiary/aromatic N) is 2. The molecule has 7 nitrogen and oxygen atoms in total. The summed E-state index contributed by atoms with van der Waals surface area (Å²) in [5.74, 6) is -0.748. The number of carbonyl (C=O) groups is 1. The third kappa shape index (κ3) is 6.98. The van der Waals surface area contributed by atoms with Gasteiger partial charge in [-0.15, -0.1) is 0 Å². The largest absolute Gasteiger partial charge is 0.497 e. The van der Waals surface area contributed by atoms with Gasteiger partial charge in [-0.1, -0.05) is 22.6 Å². The molecule has 0 atom stereocenters. The summed E-state index contributed by atoms with van der Waals surface area (Å²) in [5, 5.41) is 0.274. The molecule has 41 heavy (non-hydrogen) atoms. The highest BCUT2D eigenvalue weighted by molar-refractivity contribution is 14.1. The predicted octanol–water partition coefficient (Wildman–Crippen LogP) is 6.94. The van der Waals surface area contributed by atoms with Gasteiger partial charge in [0.1, 0.15) is 34.4 Å². The second kappa shape index (κ2) is 13.8. The number of benzene rings is 3. The van der Waals surface area contributed by atoms with Crippen LogP contribution >= 0.6 is 22.6 Å². The Labute approximate surface area is 250 Å². The molecule has 0 aliphatic heterocycles. The Balaban J connectivity index is 1.88. The van der Waals surface area contributed by atoms with Crippen LogP contribution in [-0.4, -0.2) is 42.3 Å². The number of halogens is 3. The Kier molecular flexibility index (Phi) is 10.2. The predicted molar refractivity (Wildman–Crippen MR) is 165 cm³/mol. The highest BCUT2D eigenvalue weighted by Gasteiger charge is 2.23. The first kappa shape index (κ1) is 30.3. The highest BCUT2D eigenvalue weighted by Crippen LogP contribution is 2.29. The van der Waals surface area contributed by atoms with E-state index in [-0.39, 0.29) is 23.2 Å². The minimum atomic E-state index is -0.826. The van der Waals surface area contributed by atoms with Gasteiger partial charge in [0, 0.05) is 54.1 Å². The Morgan fingerprint density at radius 3 is 2.20 bits per heavy atom. The second-order valence-electron chi connectivity index (χ2n) is 9.27. The first-order chi connectivity index (χ1) is 19.8. The zero-order valence-corrected chi connectivity index (χ0v) is 25.2. The van der Waals surface area contributed by atoms with E-state index >= 15 is 0 Å². The molecule has 0 N–H and O–H groups in total. The monoisotopic (exact) mass is 676 g/mol. The lowest BCUT2D eigenvalue weighted by molar-refractivity contribution is 0.0987. The van der Waals surface area contributed by atoms with Crippen molar-refractivity contribution in [3.05, 3.63) is 88.2 Å². The first-order valence-corrected chi connectivity index (χ1v) is 14.7. The molecule has 0 unspecified atom stereocenters. The van der Waals surface area contributed by atoms with Crippen molar-refractivity contribution in [3.63, 3.8) is 0 Å². The molecule has 1 aromatic heterocycles. The molecule has 0 saturated heterocycles. The molecule has 1 amide bonds. The SMILES string of the molecule is CCN(C(=O)c1cn(-c2cc(OC)cc(OC)c2)c2cc(OCCCCCI)ccc2c1=O)c1cc(F)cc(F)c1. The van der Waals surface area contributed by atoms with Crippen LogP contribution in [0.15, 0.2) is 65.6 Å². The van der Waals surface area contributed by atoms with Crippen molar-refractivity contribution in [2.75, 3.05) is 36.7 Å². The summed E-state index contributed by atoms with van der Waals surface area (Å²) in [6.07, 6.45) is 4.51. The average molecular weight is 676 g/mol. The van der Waals surface area contributed by atoms with Crippen molar-refractivity contribution in [2.24, 2.45) is 0 Å². The molecule has 4 aromatic rings. The van der Waals surface area contributed by atoms with Crippen LogP contribution in [0.1, 0.15) is 36.5 Å². The van der Waals surface area contributed by atoms with Crippen LogP contribution < -0.4 is 24.5 Å². The number of fused-ring (bicyclic) bond motifs is 1. The summed E-state index contributed by atoms with van der Waals surface area (Å²) in [6, 6.07) is 13.1. The van der Waals surface area contributed by atoms with E-state index in [1.165, 1.54) is 25.3 Å². The molecule has 0 aliphatic carbocycles. The number of ether oxygens (including phenoxy) is 3. The van der Waals surface area contributed by atoms with Gasteiger partial charge in [-0.05, 0) is 54.9 Å². The topological polar surface area (TPSA) is 70.0 Å². The number of amides is 1. The molecular formula is C31H31F2IN2O5. The number of methoxy groups -OCH3 is 2. The fraction of sp³-hybridized carbons (Fsp3) is 0.290. The van der Waals surface area contributed by atoms with E-state index in [9.17, 15) is 18.4 Å². The quantitative estimate of drug-likeness (QED) is 0.0925. The van der Waals surface area contributed by atoms with Crippen molar-refractivity contribution in [1.29, 1.82) is 0 Å². The maximum Gasteiger partial charge on any atom is 0.263 e. The number of pyridine rings is 1. The van der Waals surface area contributed by atoms with Crippen LogP contribution in [0, 0.1) is 11.6 Å². The van der Waals surface area contributed by atoms with Gasteiger partial charge in [0.25, 0.3) is 5.91 Å². The van der Waals surface area contributed by atoms with Crippen molar-refractivity contribution in [1.82, 2.24) is 4.57 Å². The van der Waals surface area contributed by atoms with E-state index in [1.807, 2.05) is 0 Å². The number of anilines is 1. The van der Waals surface area contributed by atoms with E-state index in [1.54, 1.807) is 47.9 Å². The minimum absolute atomic E-state index is 0.00964. The summed E-state index contributed by atoms with van der Waals surface area (Å²) in [7, 11) is 3.05. The van der Waals surface area contributed by atoms with Gasteiger partial charge in [0.2, 0.25) is 5.43 Å². The van der Waals surface area contributed by atoms with E-state index in [4.69, 9.17) is 14.2 Å². The van der Waals surface area contributed by atoms with Gasteiger partial charge in [0.15, 0.2) is 0 Å². The molecule has 10 heteroatoms. The lowest BCUT2D eigenvalue weighted by Gasteiger charge is -2.22. The van der Waals surface area contributed by atoms with Crippen LogP contribution in [0.25, 0.3) is 16.6 Å². The molecule has 216 valence electrons. The second-order valence-corrected chi connectivity index (χ2v) is 10.3. The van der Waals surface area contributed by atoms with Gasteiger partial charge in [-0.3, -0.25) is 9.59 Å². The van der Waals surface area contributed by atoms with Crippen LogP contribution in [0.2, 0.25) is 0 Å². The Morgan fingerprint density at radius 1 is 0.902 bits per heavy atom. The van der Waals surface area contributed by atoms with Crippen molar-refractivity contribution < 1.29 is 27.8 Å². The number of hydrogen-bond acceptors (Lipinski definition) is 5. The van der Waals surface area contributed by atoms with Gasteiger partial charge in [0.05, 0.1) is 32.0 Å². The van der Waals surface area contributed by atoms with Crippen LogP contribution in [0.3, 0.4) is 0 Å². The first-order valence-electron chi connectivity index (χ1n) is 13.2. The fourth-order valence-electron chi connectivity index (χ4n) is 4.54. The summed E-state index contributed by atoms with van der Waals surface area (Å²) in [4.78, 5) is 28.7. The summed E-state index contributed by atoms with van der Waals surface area (Å²) < 4.78 is 47.7. The van der Waals surface area contributed by atoms with Crippen LogP contribution in [-0.2, 0) is 0 Å². The molecular weight excluding hydrogens is 645 g/mol. The maximum atomic E-state index is 14.0. The van der Waals surface area contributed by atoms with Crippen LogP contribution in [0.4, 0.5) is 14.5 Å².